The topological polar surface area (TPSA) is 51.1 Å². The molecule has 0 saturated heterocycles. The Balaban J connectivity index is 1.79. The van der Waals surface area contributed by atoms with Crippen molar-refractivity contribution in [2.75, 3.05) is 26.8 Å². The number of aryl methyl sites for hydroxylation is 1. The Bertz CT molecular complexity index is 529. The second-order valence-electron chi connectivity index (χ2n) is 5.48. The van der Waals surface area contributed by atoms with Gasteiger partial charge in [-0.2, -0.15) is 18.3 Å². The van der Waals surface area contributed by atoms with Crippen molar-refractivity contribution in [3.63, 3.8) is 0 Å². The van der Waals surface area contributed by atoms with Crippen LogP contribution in [0.3, 0.4) is 0 Å². The molecule has 0 atom stereocenters. The first-order chi connectivity index (χ1) is 10.9. The van der Waals surface area contributed by atoms with Crippen LogP contribution < -0.4 is 10.6 Å². The summed E-state index contributed by atoms with van der Waals surface area (Å²) in [7, 11) is 1.61. The Labute approximate surface area is 138 Å². The van der Waals surface area contributed by atoms with Gasteiger partial charge >= 0.3 is 6.18 Å². The molecular formula is C14H21F3N4OS. The lowest BCUT2D eigenvalue weighted by Crippen LogP contribution is -2.37. The van der Waals surface area contributed by atoms with Gasteiger partial charge in [-0.25, -0.2) is 0 Å². The second-order valence-corrected chi connectivity index (χ2v) is 5.89. The molecule has 1 aliphatic rings. The highest BCUT2D eigenvalue weighted by Crippen LogP contribution is 2.42. The van der Waals surface area contributed by atoms with Gasteiger partial charge in [0.25, 0.3) is 0 Å². The van der Waals surface area contributed by atoms with Crippen LogP contribution in [0, 0.1) is 0 Å². The predicted molar refractivity (Wildman–Crippen MR) is 84.3 cm³/mol. The zero-order valence-electron chi connectivity index (χ0n) is 12.9. The Morgan fingerprint density at radius 1 is 1.39 bits per heavy atom. The molecule has 1 aliphatic carbocycles. The summed E-state index contributed by atoms with van der Waals surface area (Å²) >= 11 is 5.08. The van der Waals surface area contributed by atoms with E-state index in [0.717, 1.165) is 12.8 Å². The maximum Gasteiger partial charge on any atom is 0.435 e. The number of alkyl halides is 3. The van der Waals surface area contributed by atoms with Crippen LogP contribution in [-0.4, -0.2) is 41.7 Å². The van der Waals surface area contributed by atoms with Gasteiger partial charge in [0.2, 0.25) is 0 Å². The van der Waals surface area contributed by atoms with Crippen molar-refractivity contribution in [3.8, 4) is 0 Å². The summed E-state index contributed by atoms with van der Waals surface area (Å²) in [5, 5.41) is 10.2. The standard InChI is InChI=1S/C14H21F3N4OS/c1-22-8-6-19-13(23)18-5-2-7-21-11(10-3-4-10)9-12(20-21)14(15,16)17/h9-10H,2-8H2,1H3,(H2,18,19,23). The number of rotatable bonds is 8. The van der Waals surface area contributed by atoms with Crippen LogP contribution in [0.4, 0.5) is 13.2 Å². The van der Waals surface area contributed by atoms with Crippen LogP contribution in [0.2, 0.25) is 0 Å². The molecule has 2 rings (SSSR count). The number of hydrogen-bond donors (Lipinski definition) is 2. The van der Waals surface area contributed by atoms with Crippen LogP contribution in [-0.2, 0) is 17.5 Å². The molecule has 0 radical (unpaired) electrons. The van der Waals surface area contributed by atoms with E-state index in [4.69, 9.17) is 17.0 Å². The average Bonchev–Trinajstić information content (AvgIpc) is 3.22. The molecule has 1 fully saturated rings. The molecule has 9 heteroatoms. The molecule has 1 aromatic heterocycles. The highest BCUT2D eigenvalue weighted by molar-refractivity contribution is 7.80. The molecule has 1 heterocycles. The summed E-state index contributed by atoms with van der Waals surface area (Å²) in [6.07, 6.45) is -1.87. The summed E-state index contributed by atoms with van der Waals surface area (Å²) in [5.74, 6) is 0.225. The fraction of sp³-hybridized carbons (Fsp3) is 0.714. The summed E-state index contributed by atoms with van der Waals surface area (Å²) in [4.78, 5) is 0. The number of nitrogens with one attached hydrogen (secondary N) is 2. The first-order valence-electron chi connectivity index (χ1n) is 7.57. The lowest BCUT2D eigenvalue weighted by molar-refractivity contribution is -0.141. The molecule has 0 amide bonds. The van der Waals surface area contributed by atoms with E-state index in [0.29, 0.717) is 43.5 Å². The molecule has 130 valence electrons. The third kappa shape index (κ3) is 5.65. The number of ether oxygens (including phenoxy) is 1. The normalized spacial score (nSPS) is 14.8. The molecule has 0 aliphatic heterocycles. The minimum Gasteiger partial charge on any atom is -0.383 e. The Hall–Kier alpha value is -1.35. The van der Waals surface area contributed by atoms with Crippen molar-refractivity contribution in [1.29, 1.82) is 0 Å². The predicted octanol–water partition coefficient (Wildman–Crippen LogP) is 2.28. The maximum atomic E-state index is 12.8. The molecule has 0 bridgehead atoms. The quantitative estimate of drug-likeness (QED) is 0.556. The van der Waals surface area contributed by atoms with Crippen LogP contribution in [0.15, 0.2) is 6.07 Å². The van der Waals surface area contributed by atoms with Crippen LogP contribution >= 0.6 is 12.2 Å². The van der Waals surface area contributed by atoms with E-state index in [9.17, 15) is 13.2 Å². The summed E-state index contributed by atoms with van der Waals surface area (Å²) in [5.41, 5.74) is -0.109. The van der Waals surface area contributed by atoms with Gasteiger partial charge in [0, 0.05) is 38.4 Å². The molecule has 1 saturated carbocycles. The number of halogens is 3. The smallest absolute Gasteiger partial charge is 0.383 e. The zero-order chi connectivity index (χ0) is 16.9. The molecule has 0 spiro atoms. The van der Waals surface area contributed by atoms with E-state index in [1.807, 2.05) is 0 Å². The number of methoxy groups -OCH3 is 1. The van der Waals surface area contributed by atoms with Crippen LogP contribution in [0.25, 0.3) is 0 Å². The highest BCUT2D eigenvalue weighted by atomic mass is 32.1. The Kier molecular flexibility index (Phi) is 6.23. The fourth-order valence-electron chi connectivity index (χ4n) is 2.22. The third-order valence-corrected chi connectivity index (χ3v) is 3.81. The minimum atomic E-state index is -4.39. The maximum absolute atomic E-state index is 12.8. The second kappa shape index (κ2) is 7.96. The summed E-state index contributed by atoms with van der Waals surface area (Å²) in [6.45, 7) is 2.18. The van der Waals surface area contributed by atoms with Gasteiger partial charge in [0.1, 0.15) is 0 Å². The van der Waals surface area contributed by atoms with Gasteiger partial charge in [-0.3, -0.25) is 4.68 Å². The fourth-order valence-corrected chi connectivity index (χ4v) is 2.42. The van der Waals surface area contributed by atoms with E-state index in [1.165, 1.54) is 10.7 Å². The number of nitrogens with zero attached hydrogens (tertiary/aromatic N) is 2. The zero-order valence-corrected chi connectivity index (χ0v) is 13.8. The van der Waals surface area contributed by atoms with Crippen LogP contribution in [0.1, 0.15) is 36.6 Å². The molecule has 2 N–H and O–H groups in total. The molecule has 1 aromatic rings. The van der Waals surface area contributed by atoms with Gasteiger partial charge in [-0.1, -0.05) is 0 Å². The van der Waals surface area contributed by atoms with Crippen molar-refractivity contribution in [3.05, 3.63) is 17.5 Å². The lowest BCUT2D eigenvalue weighted by atomic mass is 10.2. The van der Waals surface area contributed by atoms with Gasteiger partial charge < -0.3 is 15.4 Å². The van der Waals surface area contributed by atoms with Crippen molar-refractivity contribution in [1.82, 2.24) is 20.4 Å². The summed E-state index contributed by atoms with van der Waals surface area (Å²) in [6, 6.07) is 1.18. The van der Waals surface area contributed by atoms with E-state index < -0.39 is 11.9 Å². The van der Waals surface area contributed by atoms with Crippen molar-refractivity contribution < 1.29 is 17.9 Å². The van der Waals surface area contributed by atoms with E-state index in [-0.39, 0.29) is 5.92 Å². The minimum absolute atomic E-state index is 0.225. The number of aromatic nitrogens is 2. The first kappa shape index (κ1) is 18.0. The van der Waals surface area contributed by atoms with E-state index in [2.05, 4.69) is 15.7 Å². The molecule has 0 aromatic carbocycles. The largest absolute Gasteiger partial charge is 0.435 e. The van der Waals surface area contributed by atoms with Gasteiger partial charge in [0.05, 0.1) is 6.61 Å². The molecule has 0 unspecified atom stereocenters. The van der Waals surface area contributed by atoms with Gasteiger partial charge in [0.15, 0.2) is 10.8 Å². The van der Waals surface area contributed by atoms with Crippen LogP contribution in [0.5, 0.6) is 0 Å². The lowest BCUT2D eigenvalue weighted by Gasteiger charge is -2.11. The molecular weight excluding hydrogens is 329 g/mol. The number of hydrogen-bond acceptors (Lipinski definition) is 3. The SMILES string of the molecule is COCCNC(=S)NCCCn1nc(C(F)(F)F)cc1C1CC1. The Morgan fingerprint density at radius 2 is 2.09 bits per heavy atom. The average molecular weight is 350 g/mol. The number of thiocarbonyl (C=S) groups is 1. The Morgan fingerprint density at radius 3 is 2.70 bits per heavy atom. The van der Waals surface area contributed by atoms with Crippen molar-refractivity contribution in [2.45, 2.75) is 37.9 Å². The van der Waals surface area contributed by atoms with Crippen molar-refractivity contribution in [2.24, 2.45) is 0 Å². The van der Waals surface area contributed by atoms with Gasteiger partial charge in [-0.05, 0) is 37.5 Å². The first-order valence-corrected chi connectivity index (χ1v) is 7.98. The van der Waals surface area contributed by atoms with Crippen molar-refractivity contribution >= 4 is 17.3 Å². The molecule has 23 heavy (non-hydrogen) atoms. The molecule has 5 nitrogen and oxygen atoms in total. The van der Waals surface area contributed by atoms with E-state index >= 15 is 0 Å². The van der Waals surface area contributed by atoms with Gasteiger partial charge in [-0.15, -0.1) is 0 Å². The highest BCUT2D eigenvalue weighted by Gasteiger charge is 2.37. The third-order valence-electron chi connectivity index (χ3n) is 3.52. The van der Waals surface area contributed by atoms with E-state index in [1.54, 1.807) is 7.11 Å². The summed E-state index contributed by atoms with van der Waals surface area (Å²) < 4.78 is 44.7. The monoisotopic (exact) mass is 350 g/mol.